The van der Waals surface area contributed by atoms with Crippen molar-refractivity contribution < 1.29 is 19.1 Å². The molecule has 26 heavy (non-hydrogen) atoms. The van der Waals surface area contributed by atoms with Gasteiger partial charge in [0.1, 0.15) is 5.75 Å². The van der Waals surface area contributed by atoms with Crippen molar-refractivity contribution >= 4 is 17.6 Å². The monoisotopic (exact) mass is 355 g/mol. The van der Waals surface area contributed by atoms with E-state index in [0.29, 0.717) is 5.75 Å². The third-order valence-electron chi connectivity index (χ3n) is 4.08. The van der Waals surface area contributed by atoms with Crippen molar-refractivity contribution in [2.75, 3.05) is 11.9 Å². The molecule has 1 N–H and O–H groups in total. The molecular weight excluding hydrogens is 330 g/mol. The molecule has 138 valence electrons. The number of amides is 1. The van der Waals surface area contributed by atoms with Crippen LogP contribution in [-0.2, 0) is 14.3 Å². The molecule has 2 rings (SSSR count). The zero-order valence-corrected chi connectivity index (χ0v) is 15.9. The Labute approximate surface area is 154 Å². The number of benzene rings is 2. The number of esters is 1. The Morgan fingerprint density at radius 2 is 1.65 bits per heavy atom. The lowest BCUT2D eigenvalue weighted by Crippen LogP contribution is -2.32. The molecule has 1 amide bonds. The van der Waals surface area contributed by atoms with Crippen LogP contribution in [0.2, 0.25) is 0 Å². The summed E-state index contributed by atoms with van der Waals surface area (Å²) < 4.78 is 10.7. The molecule has 5 heteroatoms. The van der Waals surface area contributed by atoms with Gasteiger partial charge in [0, 0.05) is 5.69 Å². The molecule has 0 spiro atoms. The van der Waals surface area contributed by atoms with Crippen molar-refractivity contribution in [3.05, 3.63) is 58.7 Å². The lowest BCUT2D eigenvalue weighted by atomic mass is 10.1. The van der Waals surface area contributed by atoms with Gasteiger partial charge in [0.25, 0.3) is 5.91 Å². The lowest BCUT2D eigenvalue weighted by molar-refractivity contribution is -0.155. The standard InChI is InChI=1S/C21H25NO4/c1-13-9-10-18(16(4)11-13)25-12-19(23)26-17(5)21(24)22-20-14(2)7-6-8-15(20)3/h6-11,17H,12H2,1-5H3,(H,22,24)/t17-/m0/s1. The Balaban J connectivity index is 1.89. The summed E-state index contributed by atoms with van der Waals surface area (Å²) in [6.07, 6.45) is -0.913. The normalized spacial score (nSPS) is 11.6. The number of anilines is 1. The highest BCUT2D eigenvalue weighted by atomic mass is 16.6. The molecule has 0 radical (unpaired) electrons. The van der Waals surface area contributed by atoms with Gasteiger partial charge in [-0.2, -0.15) is 0 Å². The van der Waals surface area contributed by atoms with Crippen LogP contribution in [0.5, 0.6) is 5.75 Å². The molecule has 2 aromatic rings. The summed E-state index contributed by atoms with van der Waals surface area (Å²) in [5.74, 6) is -0.336. The van der Waals surface area contributed by atoms with Crippen LogP contribution in [0.25, 0.3) is 0 Å². The molecule has 0 fully saturated rings. The van der Waals surface area contributed by atoms with E-state index in [0.717, 1.165) is 27.9 Å². The van der Waals surface area contributed by atoms with E-state index in [1.807, 2.05) is 64.1 Å². The highest BCUT2D eigenvalue weighted by Crippen LogP contribution is 2.20. The van der Waals surface area contributed by atoms with Crippen LogP contribution >= 0.6 is 0 Å². The summed E-state index contributed by atoms with van der Waals surface area (Å²) in [6.45, 7) is 9.02. The molecule has 0 aliphatic rings. The van der Waals surface area contributed by atoms with Gasteiger partial charge >= 0.3 is 5.97 Å². The minimum absolute atomic E-state index is 0.245. The molecule has 1 atom stereocenters. The lowest BCUT2D eigenvalue weighted by Gasteiger charge is -2.16. The van der Waals surface area contributed by atoms with Crippen LogP contribution in [0.4, 0.5) is 5.69 Å². The van der Waals surface area contributed by atoms with Crippen molar-refractivity contribution in [1.82, 2.24) is 0 Å². The van der Waals surface area contributed by atoms with Crippen molar-refractivity contribution in [2.45, 2.75) is 40.7 Å². The molecular formula is C21H25NO4. The SMILES string of the molecule is Cc1ccc(OCC(=O)O[C@@H](C)C(=O)Nc2c(C)cccc2C)c(C)c1. The number of carbonyl (C=O) groups is 2. The summed E-state index contributed by atoms with van der Waals surface area (Å²) >= 11 is 0. The van der Waals surface area contributed by atoms with Crippen LogP contribution < -0.4 is 10.1 Å². The van der Waals surface area contributed by atoms with E-state index in [4.69, 9.17) is 9.47 Å². The Kier molecular flexibility index (Phi) is 6.39. The smallest absolute Gasteiger partial charge is 0.344 e. The van der Waals surface area contributed by atoms with Crippen molar-refractivity contribution in [2.24, 2.45) is 0 Å². The zero-order valence-electron chi connectivity index (χ0n) is 15.9. The number of hydrogen-bond acceptors (Lipinski definition) is 4. The summed E-state index contributed by atoms with van der Waals surface area (Å²) in [4.78, 5) is 24.3. The summed E-state index contributed by atoms with van der Waals surface area (Å²) in [7, 11) is 0. The van der Waals surface area contributed by atoms with Crippen LogP contribution in [0, 0.1) is 27.7 Å². The first-order chi connectivity index (χ1) is 12.3. The summed E-state index contributed by atoms with van der Waals surface area (Å²) in [5.41, 5.74) is 4.71. The fourth-order valence-electron chi connectivity index (χ4n) is 2.62. The number of nitrogens with one attached hydrogen (secondary N) is 1. The predicted molar refractivity (Wildman–Crippen MR) is 102 cm³/mol. The second-order valence-corrected chi connectivity index (χ2v) is 6.45. The van der Waals surface area contributed by atoms with Gasteiger partial charge in [-0.15, -0.1) is 0 Å². The van der Waals surface area contributed by atoms with Gasteiger partial charge in [0.2, 0.25) is 0 Å². The quantitative estimate of drug-likeness (QED) is 0.799. The average molecular weight is 355 g/mol. The first-order valence-corrected chi connectivity index (χ1v) is 8.54. The van der Waals surface area contributed by atoms with E-state index < -0.39 is 12.1 Å². The molecule has 2 aromatic carbocycles. The van der Waals surface area contributed by atoms with Gasteiger partial charge in [0.15, 0.2) is 12.7 Å². The van der Waals surface area contributed by atoms with Gasteiger partial charge in [-0.05, 0) is 57.4 Å². The minimum atomic E-state index is -0.913. The molecule has 0 aromatic heterocycles. The number of carbonyl (C=O) groups excluding carboxylic acids is 2. The van der Waals surface area contributed by atoms with E-state index >= 15 is 0 Å². The van der Waals surface area contributed by atoms with Gasteiger partial charge in [-0.1, -0.05) is 35.9 Å². The molecule has 0 aliphatic carbocycles. The molecule has 0 aliphatic heterocycles. The van der Waals surface area contributed by atoms with E-state index in [-0.39, 0.29) is 12.5 Å². The maximum Gasteiger partial charge on any atom is 0.344 e. The Morgan fingerprint density at radius 1 is 1.00 bits per heavy atom. The van der Waals surface area contributed by atoms with E-state index in [1.54, 1.807) is 0 Å². The van der Waals surface area contributed by atoms with Crippen molar-refractivity contribution in [3.63, 3.8) is 0 Å². The van der Waals surface area contributed by atoms with Gasteiger partial charge < -0.3 is 14.8 Å². The first kappa shape index (κ1) is 19.5. The molecule has 5 nitrogen and oxygen atoms in total. The van der Waals surface area contributed by atoms with Crippen LogP contribution in [0.3, 0.4) is 0 Å². The maximum absolute atomic E-state index is 12.3. The Bertz CT molecular complexity index is 793. The number of aryl methyl sites for hydroxylation is 4. The predicted octanol–water partition coefficient (Wildman–Crippen LogP) is 3.87. The highest BCUT2D eigenvalue weighted by Gasteiger charge is 2.19. The van der Waals surface area contributed by atoms with Crippen LogP contribution in [0.15, 0.2) is 36.4 Å². The first-order valence-electron chi connectivity index (χ1n) is 8.54. The average Bonchev–Trinajstić information content (AvgIpc) is 2.57. The third kappa shape index (κ3) is 5.09. The highest BCUT2D eigenvalue weighted by molar-refractivity contribution is 5.96. The van der Waals surface area contributed by atoms with E-state index in [1.165, 1.54) is 6.92 Å². The van der Waals surface area contributed by atoms with Crippen molar-refractivity contribution in [1.29, 1.82) is 0 Å². The molecule has 0 unspecified atom stereocenters. The third-order valence-corrected chi connectivity index (χ3v) is 4.08. The second-order valence-electron chi connectivity index (χ2n) is 6.45. The van der Waals surface area contributed by atoms with Gasteiger partial charge in [-0.3, -0.25) is 4.79 Å². The largest absolute Gasteiger partial charge is 0.482 e. The Morgan fingerprint density at radius 3 is 2.27 bits per heavy atom. The van der Waals surface area contributed by atoms with E-state index in [9.17, 15) is 9.59 Å². The minimum Gasteiger partial charge on any atom is -0.482 e. The van der Waals surface area contributed by atoms with E-state index in [2.05, 4.69) is 5.32 Å². The summed E-state index contributed by atoms with van der Waals surface area (Å²) in [5, 5.41) is 2.82. The topological polar surface area (TPSA) is 64.6 Å². The molecule has 0 saturated heterocycles. The van der Waals surface area contributed by atoms with Gasteiger partial charge in [-0.25, -0.2) is 4.79 Å². The fraction of sp³-hybridized carbons (Fsp3) is 0.333. The van der Waals surface area contributed by atoms with Crippen molar-refractivity contribution in [3.8, 4) is 5.75 Å². The zero-order chi connectivity index (χ0) is 19.3. The second kappa shape index (κ2) is 8.52. The molecule has 0 saturated carbocycles. The number of para-hydroxylation sites is 1. The summed E-state index contributed by atoms with van der Waals surface area (Å²) in [6, 6.07) is 11.5. The van der Waals surface area contributed by atoms with Crippen LogP contribution in [0.1, 0.15) is 29.2 Å². The fourth-order valence-corrected chi connectivity index (χ4v) is 2.62. The molecule has 0 bridgehead atoms. The van der Waals surface area contributed by atoms with Crippen LogP contribution in [-0.4, -0.2) is 24.6 Å². The Hall–Kier alpha value is -2.82. The number of rotatable bonds is 6. The number of ether oxygens (including phenoxy) is 2. The maximum atomic E-state index is 12.3. The number of hydrogen-bond donors (Lipinski definition) is 1. The van der Waals surface area contributed by atoms with Gasteiger partial charge in [0.05, 0.1) is 0 Å². The molecule has 0 heterocycles.